The van der Waals surface area contributed by atoms with Gasteiger partial charge in [0.15, 0.2) is 11.5 Å². The lowest BCUT2D eigenvalue weighted by molar-refractivity contribution is 0.0658. The molecule has 1 spiro atoms. The number of carbonyl (C=O) groups is 3. The van der Waals surface area contributed by atoms with E-state index < -0.39 is 17.7 Å². The summed E-state index contributed by atoms with van der Waals surface area (Å²) in [5.74, 6) is -1.88. The molecule has 45 heavy (non-hydrogen) atoms. The molecule has 7 nitrogen and oxygen atoms in total. The number of amides is 3. The van der Waals surface area contributed by atoms with Gasteiger partial charge in [0, 0.05) is 43.1 Å². The zero-order chi connectivity index (χ0) is 31.5. The van der Waals surface area contributed by atoms with Crippen LogP contribution in [0.2, 0.25) is 5.02 Å². The Morgan fingerprint density at radius 1 is 0.956 bits per heavy atom. The lowest BCUT2D eigenvalue weighted by atomic mass is 9.77. The molecule has 3 fully saturated rings. The van der Waals surface area contributed by atoms with Gasteiger partial charge < -0.3 is 14.9 Å². The van der Waals surface area contributed by atoms with Crippen LogP contribution in [0, 0.1) is 17.0 Å². The van der Waals surface area contributed by atoms with Crippen LogP contribution >= 0.6 is 11.6 Å². The van der Waals surface area contributed by atoms with Crippen molar-refractivity contribution in [2.45, 2.75) is 57.0 Å². The maximum absolute atomic E-state index is 15.6. The highest BCUT2D eigenvalue weighted by molar-refractivity contribution is 6.33. The van der Waals surface area contributed by atoms with Crippen LogP contribution in [0.4, 0.5) is 19.3 Å². The van der Waals surface area contributed by atoms with Gasteiger partial charge in [-0.3, -0.25) is 4.79 Å². The Morgan fingerprint density at radius 2 is 1.71 bits per heavy atom. The van der Waals surface area contributed by atoms with Crippen molar-refractivity contribution in [3.8, 4) is 0 Å². The van der Waals surface area contributed by atoms with Gasteiger partial charge in [0.1, 0.15) is 5.82 Å². The smallest absolute Gasteiger partial charge is 0.407 e. The molecule has 3 aromatic rings. The molecule has 0 aromatic heterocycles. The van der Waals surface area contributed by atoms with E-state index in [2.05, 4.69) is 0 Å². The van der Waals surface area contributed by atoms with Gasteiger partial charge in [-0.2, -0.15) is 0 Å². The van der Waals surface area contributed by atoms with Crippen LogP contribution < -0.4 is 4.48 Å². The lowest BCUT2D eigenvalue weighted by Gasteiger charge is -2.39. The summed E-state index contributed by atoms with van der Waals surface area (Å²) in [5.41, 5.74) is 2.67. The number of hydrogen-bond acceptors (Lipinski definition) is 3. The van der Waals surface area contributed by atoms with Crippen LogP contribution in [0.3, 0.4) is 0 Å². The summed E-state index contributed by atoms with van der Waals surface area (Å²) in [6.07, 6.45) is 4.12. The minimum absolute atomic E-state index is 0.103. The van der Waals surface area contributed by atoms with E-state index in [1.165, 1.54) is 17.0 Å². The summed E-state index contributed by atoms with van der Waals surface area (Å²) in [6, 6.07) is 15.9. The third-order valence-electron chi connectivity index (χ3n) is 10.5. The summed E-state index contributed by atoms with van der Waals surface area (Å²) in [6.45, 7) is 1.34. The van der Waals surface area contributed by atoms with Crippen LogP contribution in [0.25, 0.3) is 0 Å². The van der Waals surface area contributed by atoms with E-state index in [4.69, 9.17) is 11.6 Å². The normalized spacial score (nSPS) is 23.6. The Hall–Kier alpha value is -3.82. The number of fused-ring (bicyclic) bond motifs is 1. The van der Waals surface area contributed by atoms with Crippen molar-refractivity contribution in [2.75, 3.05) is 26.2 Å². The van der Waals surface area contributed by atoms with Crippen LogP contribution in [-0.2, 0) is 6.42 Å². The monoisotopic (exact) mass is 634 g/mol. The Bertz CT molecular complexity index is 1700. The number of likely N-dealkylation sites (tertiary alicyclic amines) is 2. The number of carboxylic acid groups (broad SMARTS) is 1. The average Bonchev–Trinajstić information content (AvgIpc) is 3.67. The van der Waals surface area contributed by atoms with E-state index in [0.29, 0.717) is 61.6 Å². The minimum atomic E-state index is -0.967. The summed E-state index contributed by atoms with van der Waals surface area (Å²) in [5, 5.41) is 9.89. The molecule has 2 atom stereocenters. The molecular weight excluding hydrogens is 600 g/mol. The van der Waals surface area contributed by atoms with Crippen molar-refractivity contribution in [3.05, 3.63) is 99.6 Å². The molecule has 0 bridgehead atoms. The summed E-state index contributed by atoms with van der Waals surface area (Å²) < 4.78 is 29.3. The first kappa shape index (κ1) is 29.9. The topological polar surface area (TPSA) is 77.9 Å². The number of quaternary nitrogens is 1. The standard InChI is InChI=1S/C35H34ClF2N3O4/c36-28-4-2-1-3-26(28)32(42)40(25-9-10-25)30-11-7-22-5-6-23(19-27(22)30)33(43)41(31-12-8-24(37)20-29(31)38)18-15-35(21-41)13-16-39(17-14-35)34(44)45/h1-6,8,12,19-20,25,30H,7,9-11,13-18,21H2/p+1. The molecule has 2 saturated heterocycles. The highest BCUT2D eigenvalue weighted by Crippen LogP contribution is 2.49. The highest BCUT2D eigenvalue weighted by Gasteiger charge is 2.56. The zero-order valence-electron chi connectivity index (χ0n) is 24.9. The fraction of sp³-hybridized carbons (Fsp3) is 0.400. The Balaban J connectivity index is 1.25. The molecule has 2 aliphatic carbocycles. The summed E-state index contributed by atoms with van der Waals surface area (Å²) >= 11 is 6.44. The zero-order valence-corrected chi connectivity index (χ0v) is 25.6. The second kappa shape index (κ2) is 11.2. The third kappa shape index (κ3) is 5.20. The van der Waals surface area contributed by atoms with Gasteiger partial charge in [0.25, 0.3) is 5.91 Å². The van der Waals surface area contributed by atoms with E-state index in [9.17, 15) is 23.9 Å². The van der Waals surface area contributed by atoms with Crippen molar-refractivity contribution in [2.24, 2.45) is 5.41 Å². The highest BCUT2D eigenvalue weighted by atomic mass is 35.5. The maximum Gasteiger partial charge on any atom is 0.407 e. The second-order valence-electron chi connectivity index (χ2n) is 13.2. The quantitative estimate of drug-likeness (QED) is 0.301. The molecule has 3 aromatic carbocycles. The van der Waals surface area contributed by atoms with Crippen LogP contribution in [0.5, 0.6) is 0 Å². The number of rotatable bonds is 5. The first-order valence-corrected chi connectivity index (χ1v) is 16.0. The molecule has 7 rings (SSSR count). The molecule has 1 saturated carbocycles. The van der Waals surface area contributed by atoms with Crippen LogP contribution in [0.1, 0.15) is 76.4 Å². The molecule has 0 radical (unpaired) electrons. The minimum Gasteiger partial charge on any atom is -0.465 e. The molecule has 2 unspecified atom stereocenters. The van der Waals surface area contributed by atoms with Crippen molar-refractivity contribution in [1.29, 1.82) is 0 Å². The van der Waals surface area contributed by atoms with Crippen LogP contribution in [0.15, 0.2) is 60.7 Å². The summed E-state index contributed by atoms with van der Waals surface area (Å²) in [4.78, 5) is 43.5. The van der Waals surface area contributed by atoms with Crippen LogP contribution in [-0.4, -0.2) is 65.0 Å². The number of hydrogen-bond donors (Lipinski definition) is 1. The van der Waals surface area contributed by atoms with Gasteiger partial charge >= 0.3 is 12.0 Å². The van der Waals surface area contributed by atoms with Gasteiger partial charge in [-0.15, -0.1) is 0 Å². The van der Waals surface area contributed by atoms with Crippen molar-refractivity contribution >= 4 is 35.2 Å². The van der Waals surface area contributed by atoms with E-state index in [1.807, 2.05) is 17.0 Å². The summed E-state index contributed by atoms with van der Waals surface area (Å²) in [7, 11) is 0. The number of benzene rings is 3. The molecular formula is C35H35ClF2N3O4+. The second-order valence-corrected chi connectivity index (χ2v) is 13.6. The third-order valence-corrected chi connectivity index (χ3v) is 10.9. The van der Waals surface area contributed by atoms with Crippen molar-refractivity contribution < 1.29 is 28.3 Å². The number of piperidine rings is 1. The van der Waals surface area contributed by atoms with E-state index in [-0.39, 0.29) is 39.5 Å². The molecule has 234 valence electrons. The van der Waals surface area contributed by atoms with Gasteiger partial charge in [-0.1, -0.05) is 29.8 Å². The molecule has 3 amide bonds. The van der Waals surface area contributed by atoms with Crippen molar-refractivity contribution in [3.63, 3.8) is 0 Å². The molecule has 1 N–H and O–H groups in total. The van der Waals surface area contributed by atoms with E-state index in [1.54, 1.807) is 30.3 Å². The largest absolute Gasteiger partial charge is 0.465 e. The maximum atomic E-state index is 15.6. The Kier molecular flexibility index (Phi) is 7.44. The molecule has 10 heteroatoms. The van der Waals surface area contributed by atoms with Gasteiger partial charge in [0.05, 0.1) is 35.3 Å². The number of carbonyl (C=O) groups excluding carboxylic acids is 2. The van der Waals surface area contributed by atoms with Gasteiger partial charge in [-0.05, 0) is 80.0 Å². The predicted octanol–water partition coefficient (Wildman–Crippen LogP) is 7.22. The molecule has 4 aliphatic rings. The first-order chi connectivity index (χ1) is 21.6. The first-order valence-electron chi connectivity index (χ1n) is 15.7. The van der Waals surface area contributed by atoms with Crippen molar-refractivity contribution in [1.82, 2.24) is 14.3 Å². The molecule has 2 aliphatic heterocycles. The van der Waals surface area contributed by atoms with Gasteiger partial charge in [-0.25, -0.2) is 22.9 Å². The lowest BCUT2D eigenvalue weighted by Crippen LogP contribution is -2.55. The van der Waals surface area contributed by atoms with E-state index in [0.717, 1.165) is 42.9 Å². The number of halogens is 3. The fourth-order valence-corrected chi connectivity index (χ4v) is 8.21. The Labute approximate surface area is 265 Å². The molecule has 2 heterocycles. The van der Waals surface area contributed by atoms with Gasteiger partial charge in [0.2, 0.25) is 0 Å². The fourth-order valence-electron chi connectivity index (χ4n) is 7.99. The Morgan fingerprint density at radius 3 is 2.40 bits per heavy atom. The van der Waals surface area contributed by atoms with E-state index >= 15 is 4.39 Å². The average molecular weight is 635 g/mol. The predicted molar refractivity (Wildman–Crippen MR) is 166 cm³/mol. The number of aryl methyl sites for hydroxylation is 1. The number of nitrogens with zero attached hydrogens (tertiary/aromatic N) is 3. The SMILES string of the molecule is O=C(O)N1CCC2(CC1)CC[N+](C(=O)c1ccc3c(c1)C(N(C(=O)c1ccccc1Cl)C1CC1)CC3)(c1ccc(F)cc1F)C2.